The zero-order chi connectivity index (χ0) is 56.8. The minimum atomic E-state index is 0.281. The highest BCUT2D eigenvalue weighted by atomic mass is 15.0. The van der Waals surface area contributed by atoms with Crippen LogP contribution in [0.5, 0.6) is 0 Å². The van der Waals surface area contributed by atoms with Crippen LogP contribution < -0.4 is 0 Å². The van der Waals surface area contributed by atoms with Gasteiger partial charge >= 0.3 is 0 Å². The molecule has 0 aliphatic rings. The van der Waals surface area contributed by atoms with E-state index < -0.39 is 0 Å². The fraction of sp³-hybridized carbons (Fsp3) is 0. The molecule has 12 nitrogen and oxygen atoms in total. The Balaban J connectivity index is 1.12. The summed E-state index contributed by atoms with van der Waals surface area (Å²) in [6.07, 6.45) is 0. The zero-order valence-electron chi connectivity index (χ0n) is 42.7. The number of aromatic nitrogens is 2. The van der Waals surface area contributed by atoms with Crippen LogP contribution in [-0.4, -0.2) is 9.13 Å². The summed E-state index contributed by atoms with van der Waals surface area (Å²) in [6.45, 7) is 31.3. The third kappa shape index (κ3) is 8.09. The van der Waals surface area contributed by atoms with Gasteiger partial charge in [-0.2, -0.15) is 31.6 Å². The van der Waals surface area contributed by atoms with Gasteiger partial charge < -0.3 is 9.13 Å². The summed E-state index contributed by atoms with van der Waals surface area (Å²) in [5.74, 6) is 0. The van der Waals surface area contributed by atoms with Crippen LogP contribution in [0.1, 0.15) is 33.4 Å². The molecule has 12 aromatic rings. The molecule has 82 heavy (non-hydrogen) atoms. The molecule has 0 radical (unpaired) electrons. The van der Waals surface area contributed by atoms with Crippen molar-refractivity contribution in [1.29, 1.82) is 31.6 Å². The van der Waals surface area contributed by atoms with Gasteiger partial charge in [-0.3, -0.25) is 0 Å². The summed E-state index contributed by atoms with van der Waals surface area (Å²) < 4.78 is 4.10. The first-order valence-corrected chi connectivity index (χ1v) is 25.1. The number of nitriles is 6. The molecule has 12 heteroatoms. The van der Waals surface area contributed by atoms with Crippen LogP contribution in [-0.2, 0) is 0 Å². The number of fused-ring (bicyclic) bond motifs is 6. The molecule has 0 aliphatic heterocycles. The monoisotopic (exact) mass is 1040 g/mol. The van der Waals surface area contributed by atoms with Gasteiger partial charge in [0, 0.05) is 66.3 Å². The van der Waals surface area contributed by atoms with Crippen LogP contribution in [0, 0.1) is 94.3 Å². The fourth-order valence-electron chi connectivity index (χ4n) is 11.0. The predicted octanol–water partition coefficient (Wildman–Crippen LogP) is 17.6. The maximum atomic E-state index is 11.0. The molecule has 2 aromatic heterocycles. The lowest BCUT2D eigenvalue weighted by atomic mass is 9.94. The lowest BCUT2D eigenvalue weighted by molar-refractivity contribution is 1.17. The second-order valence-electron chi connectivity index (χ2n) is 19.1. The largest absolute Gasteiger partial charge is 0.309 e. The number of benzene rings is 10. The molecular formula is C70H30N12. The number of hydrogen-bond donors (Lipinski definition) is 0. The van der Waals surface area contributed by atoms with Crippen LogP contribution >= 0.6 is 0 Å². The van der Waals surface area contributed by atoms with Gasteiger partial charge in [0.2, 0.25) is 0 Å². The first kappa shape index (κ1) is 49.6. The highest BCUT2D eigenvalue weighted by Crippen LogP contribution is 2.44. The minimum absolute atomic E-state index is 0.281. The predicted molar refractivity (Wildman–Crippen MR) is 316 cm³/mol. The molecule has 10 aromatic carbocycles. The van der Waals surface area contributed by atoms with Crippen molar-refractivity contribution in [2.75, 3.05) is 0 Å². The van der Waals surface area contributed by atoms with Gasteiger partial charge in [-0.25, -0.2) is 19.4 Å². The summed E-state index contributed by atoms with van der Waals surface area (Å²) >= 11 is 0. The molecular weight excluding hydrogens is 1010 g/mol. The molecule has 0 fully saturated rings. The second-order valence-corrected chi connectivity index (χ2v) is 19.1. The van der Waals surface area contributed by atoms with E-state index >= 15 is 0 Å². The molecule has 0 saturated heterocycles. The van der Waals surface area contributed by atoms with Crippen LogP contribution in [0.2, 0.25) is 0 Å². The zero-order valence-corrected chi connectivity index (χ0v) is 42.7. The SMILES string of the molecule is [C-]#[N+]c1ccc(-c2ccc3c4ccc(-c5ccc(C#N)cc5[N+]#[C-])cc4n(-c4ccc(C#N)c(-c5cc(-n6c7cc(-c8ccc([N+]#[C-])cc8C#N)ccc7c7ccc(-c8ccc(C#N)cc8[N+]#[C-])cc76)ccc5C#N)c4)c3c2)c(C#N)c1. The Labute approximate surface area is 469 Å². The van der Waals surface area contributed by atoms with Crippen molar-refractivity contribution < 1.29 is 0 Å². The van der Waals surface area contributed by atoms with Crippen molar-refractivity contribution >= 4 is 66.4 Å². The van der Waals surface area contributed by atoms with E-state index in [4.69, 9.17) is 26.3 Å². The summed E-state index contributed by atoms with van der Waals surface area (Å²) in [4.78, 5) is 14.6. The van der Waals surface area contributed by atoms with Crippen molar-refractivity contribution in [3.63, 3.8) is 0 Å². The summed E-state index contributed by atoms with van der Waals surface area (Å²) in [7, 11) is 0. The number of nitrogens with zero attached hydrogens (tertiary/aromatic N) is 12. The highest BCUT2D eigenvalue weighted by Gasteiger charge is 2.22. The third-order valence-electron chi connectivity index (χ3n) is 14.8. The Bertz CT molecular complexity index is 4710. The fourth-order valence-corrected chi connectivity index (χ4v) is 11.0. The number of rotatable bonds is 7. The van der Waals surface area contributed by atoms with Crippen molar-refractivity contribution in [2.24, 2.45) is 0 Å². The Morgan fingerprint density at radius 3 is 0.939 bits per heavy atom. The molecule has 0 saturated carbocycles. The molecule has 12 rings (SSSR count). The van der Waals surface area contributed by atoms with Gasteiger partial charge in [-0.15, -0.1) is 0 Å². The summed E-state index contributed by atoms with van der Waals surface area (Å²) in [6, 6.07) is 68.0. The Morgan fingerprint density at radius 2 is 0.622 bits per heavy atom. The molecule has 0 atom stereocenters. The number of hydrogen-bond acceptors (Lipinski definition) is 6. The average molecular weight is 1040 g/mol. The van der Waals surface area contributed by atoms with Crippen LogP contribution in [0.3, 0.4) is 0 Å². The normalized spacial score (nSPS) is 10.6. The Kier molecular flexibility index (Phi) is 12.1. The highest BCUT2D eigenvalue weighted by molar-refractivity contribution is 6.13. The Hall–Kier alpha value is -13.3. The lowest BCUT2D eigenvalue weighted by Gasteiger charge is -2.16. The van der Waals surface area contributed by atoms with Crippen molar-refractivity contribution in [2.45, 2.75) is 0 Å². The van der Waals surface area contributed by atoms with Gasteiger partial charge in [0.1, 0.15) is 0 Å². The van der Waals surface area contributed by atoms with Gasteiger partial charge in [0.15, 0.2) is 22.7 Å². The van der Waals surface area contributed by atoms with E-state index in [0.29, 0.717) is 112 Å². The minimum Gasteiger partial charge on any atom is -0.309 e. The topological polar surface area (TPSA) is 170 Å². The molecule has 0 aliphatic carbocycles. The standard InChI is InChI=1S/C70H30N12/c1-77-51-13-23-55(49(27-51)39-75)43-9-19-59-61-21-11-45(57-17-5-41(35-71)25-65(57)79-3)31-69(61)81(67(59)29-43)53-15-7-47(37-73)63(33-53)64-34-54(16-8-48(64)38-74)82-68-30-44(56-24-14-52(78-2)28-50(56)40-76)10-20-60(68)62-22-12-46(32-70(62)82)58-18-6-42(36-72)26-66(58)80-4/h5-34H. The van der Waals surface area contributed by atoms with Crippen molar-refractivity contribution in [1.82, 2.24) is 9.13 Å². The van der Waals surface area contributed by atoms with E-state index in [1.54, 1.807) is 84.9 Å². The maximum Gasteiger partial charge on any atom is 0.196 e. The second kappa shape index (κ2) is 20.0. The van der Waals surface area contributed by atoms with Gasteiger partial charge in [0.25, 0.3) is 0 Å². The maximum absolute atomic E-state index is 11.0. The molecule has 370 valence electrons. The van der Waals surface area contributed by atoms with E-state index in [-0.39, 0.29) is 11.1 Å². The van der Waals surface area contributed by atoms with E-state index in [1.165, 1.54) is 0 Å². The smallest absolute Gasteiger partial charge is 0.196 e. The van der Waals surface area contributed by atoms with E-state index in [1.807, 2.05) is 97.1 Å². The average Bonchev–Trinajstić information content (AvgIpc) is 4.07. The van der Waals surface area contributed by atoms with Gasteiger partial charge in [-0.1, -0.05) is 84.9 Å². The molecule has 0 bridgehead atoms. The molecule has 0 N–H and O–H groups in total. The van der Waals surface area contributed by atoms with Crippen molar-refractivity contribution in [3.8, 4) is 103 Å². The van der Waals surface area contributed by atoms with E-state index in [0.717, 1.165) is 43.6 Å². The first-order valence-electron chi connectivity index (χ1n) is 25.1. The van der Waals surface area contributed by atoms with E-state index in [9.17, 15) is 31.6 Å². The first-order chi connectivity index (χ1) is 40.2. The van der Waals surface area contributed by atoms with Crippen molar-refractivity contribution in [3.05, 3.63) is 261 Å². The van der Waals surface area contributed by atoms with Crippen LogP contribution in [0.25, 0.3) is 130 Å². The summed E-state index contributed by atoms with van der Waals surface area (Å²) in [5.41, 5.74) is 13.7. The molecule has 0 spiro atoms. The van der Waals surface area contributed by atoms with Gasteiger partial charge in [0.05, 0.1) is 95.9 Å². The lowest BCUT2D eigenvalue weighted by Crippen LogP contribution is -2.00. The molecule has 2 heterocycles. The van der Waals surface area contributed by atoms with Gasteiger partial charge in [-0.05, 0) is 142 Å². The van der Waals surface area contributed by atoms with E-state index in [2.05, 4.69) is 64.9 Å². The molecule has 0 amide bonds. The quantitative estimate of drug-likeness (QED) is 0.144. The third-order valence-corrected chi connectivity index (χ3v) is 14.8. The Morgan fingerprint density at radius 1 is 0.280 bits per heavy atom. The summed E-state index contributed by atoms with van der Waals surface area (Å²) in [5, 5.41) is 65.3. The molecule has 0 unspecified atom stereocenters. The van der Waals surface area contributed by atoms with Crippen LogP contribution in [0.15, 0.2) is 182 Å². The van der Waals surface area contributed by atoms with Crippen LogP contribution in [0.4, 0.5) is 22.7 Å².